The molecule has 1 aromatic rings. The van der Waals surface area contributed by atoms with E-state index >= 15 is 0 Å². The van der Waals surface area contributed by atoms with Gasteiger partial charge in [0.2, 0.25) is 5.91 Å². The predicted molar refractivity (Wildman–Crippen MR) is 60.8 cm³/mol. The van der Waals surface area contributed by atoms with Crippen LogP contribution in [-0.4, -0.2) is 20.9 Å². The molecule has 1 aliphatic rings. The molecule has 0 aromatic carbocycles. The summed E-state index contributed by atoms with van der Waals surface area (Å²) in [5.41, 5.74) is 0. The van der Waals surface area contributed by atoms with Gasteiger partial charge in [0.1, 0.15) is 0 Å². The van der Waals surface area contributed by atoms with Crippen LogP contribution in [0.5, 0.6) is 0 Å². The Hall–Kier alpha value is -1.39. The van der Waals surface area contributed by atoms with Crippen LogP contribution in [0.3, 0.4) is 0 Å². The topological polar surface area (TPSA) is 59.8 Å². The molecule has 1 N–H and O–H groups in total. The second-order valence-corrected chi connectivity index (χ2v) is 4.53. The predicted octanol–water partition coefficient (Wildman–Crippen LogP) is 1.72. The zero-order valence-corrected chi connectivity index (χ0v) is 9.65. The Kier molecular flexibility index (Phi) is 3.54. The van der Waals surface area contributed by atoms with Gasteiger partial charge in [-0.2, -0.15) is 0 Å². The smallest absolute Gasteiger partial charge is 0.225 e. The summed E-state index contributed by atoms with van der Waals surface area (Å²) in [5.74, 6) is 1.17. The van der Waals surface area contributed by atoms with Crippen LogP contribution in [0, 0.1) is 5.92 Å². The van der Waals surface area contributed by atoms with E-state index in [0.29, 0.717) is 18.2 Å². The number of anilines is 1. The standard InChI is InChI=1S/C11H18N4O/c1-15-8-10(13-14-15)12-11(16)7-9-5-3-2-4-6-9/h8-9H,2-7H2,1H3,(H,12,16). The van der Waals surface area contributed by atoms with E-state index in [2.05, 4.69) is 15.6 Å². The summed E-state index contributed by atoms with van der Waals surface area (Å²) in [6, 6.07) is 0. The second-order valence-electron chi connectivity index (χ2n) is 4.53. The van der Waals surface area contributed by atoms with Crippen LogP contribution in [0.1, 0.15) is 38.5 Å². The van der Waals surface area contributed by atoms with Crippen molar-refractivity contribution in [1.82, 2.24) is 15.0 Å². The number of hydrogen-bond donors (Lipinski definition) is 1. The van der Waals surface area contributed by atoms with Gasteiger partial charge in [0, 0.05) is 13.5 Å². The fourth-order valence-electron chi connectivity index (χ4n) is 2.25. The Morgan fingerprint density at radius 2 is 2.25 bits per heavy atom. The molecule has 1 saturated carbocycles. The van der Waals surface area contributed by atoms with Crippen LogP contribution in [-0.2, 0) is 11.8 Å². The maximum absolute atomic E-state index is 11.7. The van der Waals surface area contributed by atoms with E-state index < -0.39 is 0 Å². The molecule has 0 unspecified atom stereocenters. The van der Waals surface area contributed by atoms with E-state index in [1.54, 1.807) is 17.9 Å². The normalized spacial score (nSPS) is 17.3. The molecule has 5 nitrogen and oxygen atoms in total. The Bertz CT molecular complexity index is 355. The number of rotatable bonds is 3. The van der Waals surface area contributed by atoms with Crippen LogP contribution < -0.4 is 5.32 Å². The zero-order chi connectivity index (χ0) is 11.4. The molecule has 0 spiro atoms. The van der Waals surface area contributed by atoms with Crippen molar-refractivity contribution >= 4 is 11.7 Å². The van der Waals surface area contributed by atoms with Gasteiger partial charge in [0.05, 0.1) is 6.20 Å². The number of hydrogen-bond acceptors (Lipinski definition) is 3. The van der Waals surface area contributed by atoms with Gasteiger partial charge < -0.3 is 5.32 Å². The zero-order valence-electron chi connectivity index (χ0n) is 9.65. The highest BCUT2D eigenvalue weighted by molar-refractivity contribution is 5.89. The first-order chi connectivity index (χ1) is 7.74. The van der Waals surface area contributed by atoms with Crippen LogP contribution in [0.25, 0.3) is 0 Å². The first-order valence-electron chi connectivity index (χ1n) is 5.90. The van der Waals surface area contributed by atoms with Gasteiger partial charge in [-0.1, -0.05) is 24.5 Å². The van der Waals surface area contributed by atoms with E-state index in [0.717, 1.165) is 0 Å². The van der Waals surface area contributed by atoms with Crippen LogP contribution >= 0.6 is 0 Å². The second kappa shape index (κ2) is 5.09. The van der Waals surface area contributed by atoms with Crippen LogP contribution in [0.2, 0.25) is 0 Å². The molecule has 0 saturated heterocycles. The molecule has 0 bridgehead atoms. The number of aromatic nitrogens is 3. The molecule has 16 heavy (non-hydrogen) atoms. The molecule has 0 aliphatic heterocycles. The van der Waals surface area contributed by atoms with Crippen LogP contribution in [0.4, 0.5) is 5.82 Å². The molecule has 1 aromatic heterocycles. The maximum atomic E-state index is 11.7. The number of carbonyl (C=O) groups is 1. The summed E-state index contributed by atoms with van der Waals surface area (Å²) >= 11 is 0. The number of aryl methyl sites for hydroxylation is 1. The van der Waals surface area contributed by atoms with Gasteiger partial charge >= 0.3 is 0 Å². The molecule has 88 valence electrons. The average molecular weight is 222 g/mol. The lowest BCUT2D eigenvalue weighted by molar-refractivity contribution is -0.117. The lowest BCUT2D eigenvalue weighted by Gasteiger charge is -2.20. The average Bonchev–Trinajstić information content (AvgIpc) is 2.65. The Labute approximate surface area is 95.2 Å². The fourth-order valence-corrected chi connectivity index (χ4v) is 2.25. The molecule has 5 heteroatoms. The molecule has 1 fully saturated rings. The van der Waals surface area contributed by atoms with E-state index in [4.69, 9.17) is 0 Å². The van der Waals surface area contributed by atoms with E-state index in [1.807, 2.05) is 0 Å². The van der Waals surface area contributed by atoms with Crippen molar-refractivity contribution in [1.29, 1.82) is 0 Å². The summed E-state index contributed by atoms with van der Waals surface area (Å²) in [7, 11) is 1.78. The van der Waals surface area contributed by atoms with E-state index in [9.17, 15) is 4.79 Å². The highest BCUT2D eigenvalue weighted by atomic mass is 16.1. The van der Waals surface area contributed by atoms with Gasteiger partial charge in [-0.3, -0.25) is 9.48 Å². The van der Waals surface area contributed by atoms with E-state index in [-0.39, 0.29) is 5.91 Å². The summed E-state index contributed by atoms with van der Waals surface area (Å²) < 4.78 is 1.58. The summed E-state index contributed by atoms with van der Waals surface area (Å²) in [6.45, 7) is 0. The van der Waals surface area contributed by atoms with Gasteiger partial charge in [-0.25, -0.2) is 0 Å². The lowest BCUT2D eigenvalue weighted by atomic mass is 9.87. The first-order valence-corrected chi connectivity index (χ1v) is 5.90. The molecule has 2 rings (SSSR count). The quantitative estimate of drug-likeness (QED) is 0.847. The number of nitrogens with one attached hydrogen (secondary N) is 1. The number of nitrogens with zero attached hydrogens (tertiary/aromatic N) is 3. The third-order valence-electron chi connectivity index (χ3n) is 3.07. The Morgan fingerprint density at radius 1 is 1.50 bits per heavy atom. The van der Waals surface area contributed by atoms with Crippen molar-refractivity contribution in [2.45, 2.75) is 38.5 Å². The molecular weight excluding hydrogens is 204 g/mol. The van der Waals surface area contributed by atoms with Crippen molar-refractivity contribution in [3.05, 3.63) is 6.20 Å². The Morgan fingerprint density at radius 3 is 2.88 bits per heavy atom. The first kappa shape index (κ1) is 11.1. The van der Waals surface area contributed by atoms with Crippen LogP contribution in [0.15, 0.2) is 6.20 Å². The molecule has 1 heterocycles. The molecule has 1 amide bonds. The minimum absolute atomic E-state index is 0.0624. The third-order valence-corrected chi connectivity index (χ3v) is 3.07. The van der Waals surface area contributed by atoms with Gasteiger partial charge in [0.15, 0.2) is 5.82 Å². The number of amides is 1. The Balaban J connectivity index is 1.79. The third kappa shape index (κ3) is 3.05. The SMILES string of the molecule is Cn1cc(NC(=O)CC2CCCCC2)nn1. The van der Waals surface area contributed by atoms with Gasteiger partial charge in [-0.15, -0.1) is 5.10 Å². The van der Waals surface area contributed by atoms with Gasteiger partial charge in [0.25, 0.3) is 0 Å². The largest absolute Gasteiger partial charge is 0.308 e. The minimum atomic E-state index is 0.0624. The highest BCUT2D eigenvalue weighted by Gasteiger charge is 2.17. The molecular formula is C11H18N4O. The lowest BCUT2D eigenvalue weighted by Crippen LogP contribution is -2.18. The monoisotopic (exact) mass is 222 g/mol. The van der Waals surface area contributed by atoms with Crippen molar-refractivity contribution in [2.24, 2.45) is 13.0 Å². The molecule has 0 radical (unpaired) electrons. The fraction of sp³-hybridized carbons (Fsp3) is 0.727. The van der Waals surface area contributed by atoms with Crippen molar-refractivity contribution in [2.75, 3.05) is 5.32 Å². The molecule has 0 atom stereocenters. The molecule has 1 aliphatic carbocycles. The van der Waals surface area contributed by atoms with Gasteiger partial charge in [-0.05, 0) is 18.8 Å². The summed E-state index contributed by atoms with van der Waals surface area (Å²) in [5, 5.41) is 10.4. The van der Waals surface area contributed by atoms with E-state index in [1.165, 1.54) is 32.1 Å². The highest BCUT2D eigenvalue weighted by Crippen LogP contribution is 2.26. The maximum Gasteiger partial charge on any atom is 0.225 e. The summed E-state index contributed by atoms with van der Waals surface area (Å²) in [4.78, 5) is 11.7. The minimum Gasteiger partial charge on any atom is -0.308 e. The van der Waals surface area contributed by atoms with Crippen molar-refractivity contribution in [3.63, 3.8) is 0 Å². The van der Waals surface area contributed by atoms with Crippen molar-refractivity contribution in [3.8, 4) is 0 Å². The number of carbonyl (C=O) groups excluding carboxylic acids is 1. The van der Waals surface area contributed by atoms with Crippen molar-refractivity contribution < 1.29 is 4.79 Å². The summed E-state index contributed by atoms with van der Waals surface area (Å²) in [6.07, 6.45) is 8.56.